The second-order valence-electron chi connectivity index (χ2n) is 3.07. The fourth-order valence-electron chi connectivity index (χ4n) is 1.43. The predicted octanol–water partition coefficient (Wildman–Crippen LogP) is -1.31. The van der Waals surface area contributed by atoms with Gasteiger partial charge in [-0.15, -0.1) is 0 Å². The molecule has 0 saturated carbocycles. The Balaban J connectivity index is 2.20. The van der Waals surface area contributed by atoms with Gasteiger partial charge in [0.15, 0.2) is 0 Å². The molecular weight excluding hydrogens is 190 g/mol. The molecule has 2 rings (SSSR count). The van der Waals surface area contributed by atoms with Gasteiger partial charge in [0.1, 0.15) is 6.04 Å². The van der Waals surface area contributed by atoms with Crippen molar-refractivity contribution >= 4 is 5.95 Å². The average molecular weight is 199 g/mol. The van der Waals surface area contributed by atoms with E-state index in [-0.39, 0.29) is 6.04 Å². The highest BCUT2D eigenvalue weighted by Crippen LogP contribution is 2.15. The molecule has 8 heteroatoms. The van der Waals surface area contributed by atoms with Gasteiger partial charge in [-0.2, -0.15) is 4.68 Å². The number of nitrogens with zero attached hydrogens (tertiary/aromatic N) is 4. The van der Waals surface area contributed by atoms with Crippen molar-refractivity contribution in [2.24, 2.45) is 0 Å². The third-order valence-corrected chi connectivity index (χ3v) is 2.15. The molecule has 2 unspecified atom stereocenters. The number of β-amino-alcohol motifs (C(OH)–C–C–N with tert-alkyl or cyclic N) is 1. The topological polar surface area (TPSA) is 106 Å². The normalized spacial score (nSPS) is 26.6. The SMILES string of the molecule is O=[N+]([O-])c1ncn(C2CNCC2O)n1. The summed E-state index contributed by atoms with van der Waals surface area (Å²) in [6.07, 6.45) is 0.690. The molecule has 1 aliphatic heterocycles. The van der Waals surface area contributed by atoms with Crippen LogP contribution in [0.5, 0.6) is 0 Å². The number of hydrogen-bond acceptors (Lipinski definition) is 6. The van der Waals surface area contributed by atoms with Crippen LogP contribution in [0.1, 0.15) is 6.04 Å². The van der Waals surface area contributed by atoms with Gasteiger partial charge in [-0.05, 0) is 4.92 Å². The lowest BCUT2D eigenvalue weighted by molar-refractivity contribution is -0.394. The largest absolute Gasteiger partial charge is 0.490 e. The highest BCUT2D eigenvalue weighted by atomic mass is 16.6. The van der Waals surface area contributed by atoms with E-state index >= 15 is 0 Å². The van der Waals surface area contributed by atoms with E-state index in [9.17, 15) is 15.2 Å². The molecule has 1 aliphatic rings. The first kappa shape index (κ1) is 9.03. The maximum atomic E-state index is 10.3. The van der Waals surface area contributed by atoms with Gasteiger partial charge in [0.2, 0.25) is 6.33 Å². The third kappa shape index (κ3) is 1.44. The number of nitro groups is 1. The molecule has 1 aromatic heterocycles. The lowest BCUT2D eigenvalue weighted by Crippen LogP contribution is -2.22. The van der Waals surface area contributed by atoms with Gasteiger partial charge < -0.3 is 20.5 Å². The van der Waals surface area contributed by atoms with Crippen molar-refractivity contribution in [1.29, 1.82) is 0 Å². The van der Waals surface area contributed by atoms with Gasteiger partial charge >= 0.3 is 5.95 Å². The number of aromatic nitrogens is 3. The van der Waals surface area contributed by atoms with Crippen LogP contribution >= 0.6 is 0 Å². The Morgan fingerprint density at radius 2 is 2.50 bits per heavy atom. The van der Waals surface area contributed by atoms with E-state index < -0.39 is 17.0 Å². The number of aliphatic hydroxyl groups is 1. The summed E-state index contributed by atoms with van der Waals surface area (Å²) in [7, 11) is 0. The Kier molecular flexibility index (Phi) is 2.14. The Morgan fingerprint density at radius 3 is 3.00 bits per heavy atom. The zero-order valence-corrected chi connectivity index (χ0v) is 7.20. The van der Waals surface area contributed by atoms with Gasteiger partial charge in [0.25, 0.3) is 0 Å². The first-order chi connectivity index (χ1) is 6.68. The van der Waals surface area contributed by atoms with E-state index in [1.54, 1.807) is 0 Å². The molecule has 1 aromatic rings. The van der Waals surface area contributed by atoms with E-state index in [0.717, 1.165) is 0 Å². The minimum atomic E-state index is -0.661. The zero-order valence-electron chi connectivity index (χ0n) is 7.20. The van der Waals surface area contributed by atoms with Gasteiger partial charge in [0.05, 0.1) is 6.10 Å². The second-order valence-corrected chi connectivity index (χ2v) is 3.07. The molecule has 0 amide bonds. The number of aliphatic hydroxyl groups excluding tert-OH is 1. The van der Waals surface area contributed by atoms with E-state index in [0.29, 0.717) is 13.1 Å². The predicted molar refractivity (Wildman–Crippen MR) is 44.6 cm³/mol. The molecule has 2 heterocycles. The van der Waals surface area contributed by atoms with Crippen LogP contribution in [0.3, 0.4) is 0 Å². The average Bonchev–Trinajstić information content (AvgIpc) is 2.71. The van der Waals surface area contributed by atoms with Crippen LogP contribution in [-0.4, -0.2) is 44.0 Å². The van der Waals surface area contributed by atoms with Crippen LogP contribution in [0.25, 0.3) is 0 Å². The minimum Gasteiger partial charge on any atom is -0.390 e. The van der Waals surface area contributed by atoms with E-state index in [1.165, 1.54) is 11.0 Å². The molecule has 1 saturated heterocycles. The van der Waals surface area contributed by atoms with Crippen LogP contribution in [0.4, 0.5) is 5.95 Å². The molecule has 14 heavy (non-hydrogen) atoms. The quantitative estimate of drug-likeness (QED) is 0.452. The monoisotopic (exact) mass is 199 g/mol. The molecule has 0 aromatic carbocycles. The van der Waals surface area contributed by atoms with Crippen molar-refractivity contribution in [3.8, 4) is 0 Å². The minimum absolute atomic E-state index is 0.267. The molecule has 2 N–H and O–H groups in total. The van der Waals surface area contributed by atoms with Crippen molar-refractivity contribution in [3.63, 3.8) is 0 Å². The Hall–Kier alpha value is -1.54. The summed E-state index contributed by atoms with van der Waals surface area (Å²) in [6, 6.07) is -0.267. The molecule has 0 aliphatic carbocycles. The third-order valence-electron chi connectivity index (χ3n) is 2.15. The van der Waals surface area contributed by atoms with Crippen molar-refractivity contribution in [3.05, 3.63) is 16.4 Å². The molecule has 1 fully saturated rings. The second kappa shape index (κ2) is 3.31. The summed E-state index contributed by atoms with van der Waals surface area (Å²) in [5.74, 6) is -0.441. The van der Waals surface area contributed by atoms with Crippen molar-refractivity contribution in [2.75, 3.05) is 13.1 Å². The van der Waals surface area contributed by atoms with E-state index in [1.807, 2.05) is 0 Å². The Morgan fingerprint density at radius 1 is 1.71 bits per heavy atom. The molecular formula is C6H9N5O3. The fraction of sp³-hybridized carbons (Fsp3) is 0.667. The highest BCUT2D eigenvalue weighted by Gasteiger charge is 2.30. The Bertz CT molecular complexity index is 351. The van der Waals surface area contributed by atoms with Crippen molar-refractivity contribution in [2.45, 2.75) is 12.1 Å². The van der Waals surface area contributed by atoms with E-state index in [2.05, 4.69) is 15.4 Å². The summed E-state index contributed by atoms with van der Waals surface area (Å²) in [5.41, 5.74) is 0. The molecule has 0 radical (unpaired) electrons. The molecule has 0 spiro atoms. The Labute approximate surface area is 78.7 Å². The van der Waals surface area contributed by atoms with Crippen LogP contribution in [-0.2, 0) is 0 Å². The van der Waals surface area contributed by atoms with Gasteiger partial charge in [-0.25, -0.2) is 0 Å². The van der Waals surface area contributed by atoms with Crippen LogP contribution in [0.15, 0.2) is 6.33 Å². The number of rotatable bonds is 2. The van der Waals surface area contributed by atoms with Crippen molar-refractivity contribution < 1.29 is 10.0 Å². The first-order valence-electron chi connectivity index (χ1n) is 4.13. The van der Waals surface area contributed by atoms with Crippen molar-refractivity contribution in [1.82, 2.24) is 20.1 Å². The first-order valence-corrected chi connectivity index (χ1v) is 4.13. The highest BCUT2D eigenvalue weighted by molar-refractivity contribution is 4.99. The van der Waals surface area contributed by atoms with Gasteiger partial charge in [-0.3, -0.25) is 0 Å². The number of hydrogen-bond donors (Lipinski definition) is 2. The zero-order chi connectivity index (χ0) is 10.1. The summed E-state index contributed by atoms with van der Waals surface area (Å²) in [5, 5.41) is 26.4. The molecule has 8 nitrogen and oxygen atoms in total. The molecule has 2 atom stereocenters. The van der Waals surface area contributed by atoms with Gasteiger partial charge in [-0.1, -0.05) is 4.98 Å². The summed E-state index contributed by atoms with van der Waals surface area (Å²) in [4.78, 5) is 13.1. The van der Waals surface area contributed by atoms with Crippen LogP contribution < -0.4 is 5.32 Å². The summed E-state index contributed by atoms with van der Waals surface area (Å²) >= 11 is 0. The molecule has 76 valence electrons. The fourth-order valence-corrected chi connectivity index (χ4v) is 1.43. The maximum Gasteiger partial charge on any atom is 0.490 e. The molecule has 0 bridgehead atoms. The smallest absolute Gasteiger partial charge is 0.390 e. The lowest BCUT2D eigenvalue weighted by atomic mass is 10.2. The van der Waals surface area contributed by atoms with E-state index in [4.69, 9.17) is 0 Å². The maximum absolute atomic E-state index is 10.3. The lowest BCUT2D eigenvalue weighted by Gasteiger charge is -2.08. The summed E-state index contributed by atoms with van der Waals surface area (Å²) < 4.78 is 1.32. The van der Waals surface area contributed by atoms with Crippen LogP contribution in [0, 0.1) is 10.1 Å². The standard InChI is InChI=1S/C6H9N5O3/c12-5-2-7-1-4(5)10-3-8-6(9-10)11(13)14/h3-5,7,12H,1-2H2. The van der Waals surface area contributed by atoms with Crippen LogP contribution in [0.2, 0.25) is 0 Å². The summed E-state index contributed by atoms with van der Waals surface area (Å²) in [6.45, 7) is 1.01. The number of nitrogens with one attached hydrogen (secondary N) is 1. The van der Waals surface area contributed by atoms with Gasteiger partial charge in [0, 0.05) is 18.2 Å².